The molecule has 2 aromatic rings. The Bertz CT molecular complexity index is 1140. The molecule has 3 heterocycles. The average molecular weight is 459 g/mol. The SMILES string of the molecule is Oc1ccc2c(c1)C13C(O)CN(CC4CC4)C(C2)C12CCC1C3[C@@H](CN1Cc1ccccc1)O2. The van der Waals surface area contributed by atoms with E-state index in [0.717, 1.165) is 51.4 Å². The number of likely N-dealkylation sites (tertiary alicyclic amines) is 2. The molecule has 3 aliphatic carbocycles. The number of aromatic hydroxyl groups is 1. The minimum absolute atomic E-state index is 0.141. The van der Waals surface area contributed by atoms with Gasteiger partial charge < -0.3 is 14.9 Å². The molecule has 2 saturated carbocycles. The van der Waals surface area contributed by atoms with Gasteiger partial charge in [0.2, 0.25) is 0 Å². The molecule has 8 rings (SSSR count). The topological polar surface area (TPSA) is 56.2 Å². The van der Waals surface area contributed by atoms with Crippen LogP contribution in [0.4, 0.5) is 0 Å². The van der Waals surface area contributed by atoms with Crippen molar-refractivity contribution < 1.29 is 14.9 Å². The second-order valence-electron chi connectivity index (χ2n) is 11.9. The molecule has 3 aliphatic heterocycles. The first kappa shape index (κ1) is 20.3. The van der Waals surface area contributed by atoms with Crippen LogP contribution in [0.15, 0.2) is 48.5 Å². The van der Waals surface area contributed by atoms with Crippen LogP contribution in [0.2, 0.25) is 0 Å². The average Bonchev–Trinajstić information content (AvgIpc) is 3.54. The summed E-state index contributed by atoms with van der Waals surface area (Å²) in [6.45, 7) is 3.69. The van der Waals surface area contributed by atoms with E-state index < -0.39 is 11.5 Å². The Hall–Kier alpha value is -1.92. The van der Waals surface area contributed by atoms with Crippen LogP contribution < -0.4 is 0 Å². The second-order valence-corrected chi connectivity index (χ2v) is 11.9. The highest BCUT2D eigenvalue weighted by Gasteiger charge is 2.80. The lowest BCUT2D eigenvalue weighted by molar-refractivity contribution is -0.208. The number of ether oxygens (including phenoxy) is 1. The van der Waals surface area contributed by atoms with Crippen LogP contribution in [0, 0.1) is 11.8 Å². The molecule has 2 aromatic carbocycles. The number of phenols is 1. The van der Waals surface area contributed by atoms with Crippen molar-refractivity contribution in [1.82, 2.24) is 9.80 Å². The molecule has 178 valence electrons. The number of β-amino-alcohol motifs (C(OH)–C–C–N with tert-alkyl or cyclic N) is 1. The van der Waals surface area contributed by atoms with E-state index in [1.54, 1.807) is 0 Å². The quantitative estimate of drug-likeness (QED) is 0.738. The van der Waals surface area contributed by atoms with Crippen molar-refractivity contribution in [3.05, 3.63) is 65.2 Å². The maximum Gasteiger partial charge on any atom is 0.115 e. The van der Waals surface area contributed by atoms with Crippen molar-refractivity contribution in [2.45, 2.75) is 74.0 Å². The maximum atomic E-state index is 12.1. The van der Waals surface area contributed by atoms with Gasteiger partial charge in [-0.15, -0.1) is 0 Å². The third-order valence-corrected chi connectivity index (χ3v) is 10.4. The molecule has 5 heteroatoms. The highest BCUT2D eigenvalue weighted by molar-refractivity contribution is 5.53. The Morgan fingerprint density at radius 2 is 1.85 bits per heavy atom. The summed E-state index contributed by atoms with van der Waals surface area (Å²) >= 11 is 0. The molecule has 0 aromatic heterocycles. The van der Waals surface area contributed by atoms with E-state index in [1.165, 1.54) is 29.5 Å². The van der Waals surface area contributed by atoms with Crippen LogP contribution in [0.3, 0.4) is 0 Å². The van der Waals surface area contributed by atoms with E-state index in [1.807, 2.05) is 12.1 Å². The third kappa shape index (κ3) is 2.44. The van der Waals surface area contributed by atoms with Gasteiger partial charge >= 0.3 is 0 Å². The number of hydrogen-bond donors (Lipinski definition) is 2. The molecule has 3 saturated heterocycles. The fraction of sp³-hybridized carbons (Fsp3) is 0.586. The number of aliphatic hydroxyl groups excluding tert-OH is 1. The van der Waals surface area contributed by atoms with E-state index in [9.17, 15) is 10.2 Å². The van der Waals surface area contributed by atoms with Crippen molar-refractivity contribution >= 4 is 0 Å². The Kier molecular flexibility index (Phi) is 4.09. The second kappa shape index (κ2) is 6.85. The third-order valence-electron chi connectivity index (χ3n) is 10.4. The Morgan fingerprint density at radius 3 is 2.68 bits per heavy atom. The Labute approximate surface area is 201 Å². The summed E-state index contributed by atoms with van der Waals surface area (Å²) in [4.78, 5) is 5.22. The molecule has 34 heavy (non-hydrogen) atoms. The predicted octanol–water partition coefficient (Wildman–Crippen LogP) is 3.07. The van der Waals surface area contributed by atoms with Gasteiger partial charge in [0, 0.05) is 44.2 Å². The van der Waals surface area contributed by atoms with Gasteiger partial charge in [-0.1, -0.05) is 36.4 Å². The standard InChI is InChI=1S/C29H34N2O3/c32-21-9-8-20-12-25-28-11-10-23-27(24(34-28)16-30(23)14-18-4-2-1-3-5-18)29(28,22(20)13-21)26(33)17-31(25)15-19-6-7-19/h1-5,8-9,13,19,23-27,32-33H,6-7,10-12,14-17H2/t23?,24-,25?,26?,27?,28?,29?/m1/s1. The molecule has 6 aliphatic rings. The summed E-state index contributed by atoms with van der Waals surface area (Å²) in [5, 5.41) is 22.7. The molecule has 6 unspecified atom stereocenters. The molecule has 5 nitrogen and oxygen atoms in total. The first-order valence-electron chi connectivity index (χ1n) is 13.3. The van der Waals surface area contributed by atoms with Gasteiger partial charge in [0.25, 0.3) is 0 Å². The van der Waals surface area contributed by atoms with E-state index in [-0.39, 0.29) is 17.6 Å². The number of piperidine rings is 1. The highest BCUT2D eigenvalue weighted by Crippen LogP contribution is 2.69. The normalized spacial score (nSPS) is 42.4. The number of phenolic OH excluding ortho intramolecular Hbond substituents is 1. The molecule has 5 fully saturated rings. The predicted molar refractivity (Wildman–Crippen MR) is 129 cm³/mol. The van der Waals surface area contributed by atoms with Gasteiger partial charge in [0.15, 0.2) is 0 Å². The van der Waals surface area contributed by atoms with Crippen LogP contribution >= 0.6 is 0 Å². The van der Waals surface area contributed by atoms with Crippen LogP contribution in [-0.2, 0) is 23.1 Å². The molecular weight excluding hydrogens is 424 g/mol. The smallest absolute Gasteiger partial charge is 0.115 e. The van der Waals surface area contributed by atoms with Gasteiger partial charge in [-0.25, -0.2) is 0 Å². The van der Waals surface area contributed by atoms with Gasteiger partial charge in [-0.3, -0.25) is 9.80 Å². The fourth-order valence-electron chi connectivity index (χ4n) is 9.17. The minimum atomic E-state index is -0.474. The van der Waals surface area contributed by atoms with Gasteiger partial charge in [0.1, 0.15) is 5.75 Å². The van der Waals surface area contributed by atoms with Crippen LogP contribution in [-0.4, -0.2) is 69.5 Å². The summed E-state index contributed by atoms with van der Waals surface area (Å²) < 4.78 is 7.27. The van der Waals surface area contributed by atoms with E-state index in [0.29, 0.717) is 17.8 Å². The number of nitrogens with zero attached hydrogens (tertiary/aromatic N) is 2. The number of aliphatic hydroxyl groups is 1. The number of benzene rings is 2. The lowest BCUT2D eigenvalue weighted by atomic mass is 9.45. The largest absolute Gasteiger partial charge is 0.508 e. The van der Waals surface area contributed by atoms with E-state index in [2.05, 4.69) is 46.2 Å². The fourth-order valence-corrected chi connectivity index (χ4v) is 9.17. The highest BCUT2D eigenvalue weighted by atomic mass is 16.5. The van der Waals surface area contributed by atoms with Crippen molar-refractivity contribution in [2.75, 3.05) is 19.6 Å². The van der Waals surface area contributed by atoms with Crippen LogP contribution in [0.5, 0.6) is 5.75 Å². The Balaban J connectivity index is 1.26. The zero-order chi connectivity index (χ0) is 22.7. The monoisotopic (exact) mass is 458 g/mol. The van der Waals surface area contributed by atoms with Crippen molar-refractivity contribution in [1.29, 1.82) is 0 Å². The summed E-state index contributed by atoms with van der Waals surface area (Å²) in [6.07, 6.45) is 5.41. The number of hydrogen-bond acceptors (Lipinski definition) is 5. The van der Waals surface area contributed by atoms with Crippen LogP contribution in [0.25, 0.3) is 0 Å². The number of fused-ring (bicyclic) bond motifs is 1. The molecule has 2 N–H and O–H groups in total. The Morgan fingerprint density at radius 1 is 1.00 bits per heavy atom. The molecule has 0 radical (unpaired) electrons. The maximum absolute atomic E-state index is 12.1. The zero-order valence-corrected chi connectivity index (χ0v) is 19.6. The molecule has 4 bridgehead atoms. The number of rotatable bonds is 4. The van der Waals surface area contributed by atoms with Crippen molar-refractivity contribution in [2.24, 2.45) is 11.8 Å². The lowest BCUT2D eigenvalue weighted by Crippen LogP contribution is -2.79. The van der Waals surface area contributed by atoms with Gasteiger partial charge in [-0.05, 0) is 66.8 Å². The van der Waals surface area contributed by atoms with Crippen molar-refractivity contribution in [3.63, 3.8) is 0 Å². The minimum Gasteiger partial charge on any atom is -0.508 e. The summed E-state index contributed by atoms with van der Waals surface area (Å²) in [5.41, 5.74) is 3.07. The molecule has 0 amide bonds. The van der Waals surface area contributed by atoms with E-state index in [4.69, 9.17) is 4.74 Å². The molecule has 7 atom stereocenters. The summed E-state index contributed by atoms with van der Waals surface area (Å²) in [6, 6.07) is 17.4. The van der Waals surface area contributed by atoms with Gasteiger partial charge in [0.05, 0.1) is 23.2 Å². The van der Waals surface area contributed by atoms with E-state index >= 15 is 0 Å². The van der Waals surface area contributed by atoms with Crippen LogP contribution in [0.1, 0.15) is 42.4 Å². The van der Waals surface area contributed by atoms with Gasteiger partial charge in [-0.2, -0.15) is 0 Å². The van der Waals surface area contributed by atoms with Crippen molar-refractivity contribution in [3.8, 4) is 5.75 Å². The lowest BCUT2D eigenvalue weighted by Gasteiger charge is -2.66. The zero-order valence-electron chi connectivity index (χ0n) is 19.6. The summed E-state index contributed by atoms with van der Waals surface area (Å²) in [7, 11) is 0. The first-order valence-corrected chi connectivity index (χ1v) is 13.3. The molecular formula is C29H34N2O3. The first-order chi connectivity index (χ1) is 16.6. The molecule has 0 spiro atoms. The summed E-state index contributed by atoms with van der Waals surface area (Å²) in [5.74, 6) is 1.37.